The van der Waals surface area contributed by atoms with Crippen LogP contribution in [0.5, 0.6) is 0 Å². The molecule has 0 rings (SSSR count). The Morgan fingerprint density at radius 1 is 0.706 bits per heavy atom. The molecular weight excluding hydrogens is 208 g/mol. The molecule has 17 heavy (non-hydrogen) atoms. The van der Waals surface area contributed by atoms with E-state index in [2.05, 4.69) is 77.5 Å². The van der Waals surface area contributed by atoms with Gasteiger partial charge in [-0.25, -0.2) is 0 Å². The maximum Gasteiger partial charge on any atom is 0.0230 e. The lowest BCUT2D eigenvalue weighted by Crippen LogP contribution is -2.37. The lowest BCUT2D eigenvalue weighted by atomic mass is 10.2. The maximum atomic E-state index is 2.50. The normalized spacial score (nSPS) is 13.0. The third-order valence-electron chi connectivity index (χ3n) is 3.11. The molecule has 0 saturated carbocycles. The molecule has 0 aliphatic rings. The van der Waals surface area contributed by atoms with Crippen LogP contribution in [0.1, 0.15) is 55.4 Å². The molecule has 0 fully saturated rings. The first-order valence-corrected chi connectivity index (χ1v) is 6.97. The summed E-state index contributed by atoms with van der Waals surface area (Å²) in [5.41, 5.74) is 0. The summed E-state index contributed by atoms with van der Waals surface area (Å²) in [5.74, 6) is 0. The van der Waals surface area contributed by atoms with Gasteiger partial charge in [0.2, 0.25) is 0 Å². The Morgan fingerprint density at radius 3 is 1.41 bits per heavy atom. The zero-order chi connectivity index (χ0) is 13.6. The molecule has 0 amide bonds. The zero-order valence-corrected chi connectivity index (χ0v) is 13.1. The van der Waals surface area contributed by atoms with E-state index >= 15 is 0 Å². The van der Waals surface area contributed by atoms with Crippen LogP contribution < -0.4 is 0 Å². The van der Waals surface area contributed by atoms with Crippen LogP contribution in [0.25, 0.3) is 0 Å². The van der Waals surface area contributed by atoms with E-state index in [0.717, 1.165) is 6.54 Å². The number of hydrogen-bond donors (Lipinski definition) is 0. The third-order valence-corrected chi connectivity index (χ3v) is 3.11. The molecule has 0 N–H and O–H groups in total. The van der Waals surface area contributed by atoms with E-state index in [-0.39, 0.29) is 0 Å². The van der Waals surface area contributed by atoms with Gasteiger partial charge in [0.15, 0.2) is 0 Å². The Hall–Kier alpha value is -0.500. The number of rotatable bonds is 7. The van der Waals surface area contributed by atoms with Crippen LogP contribution in [0.15, 0.2) is 12.3 Å². The van der Waals surface area contributed by atoms with Gasteiger partial charge in [-0.05, 0) is 61.6 Å². The lowest BCUT2D eigenvalue weighted by Gasteiger charge is -2.31. The molecule has 0 aliphatic carbocycles. The largest absolute Gasteiger partial charge is 0.373 e. The quantitative estimate of drug-likeness (QED) is 0.669. The molecule has 0 unspecified atom stereocenters. The van der Waals surface area contributed by atoms with Gasteiger partial charge in [0, 0.05) is 30.7 Å². The maximum absolute atomic E-state index is 2.50. The van der Waals surface area contributed by atoms with Gasteiger partial charge in [0.1, 0.15) is 0 Å². The van der Waals surface area contributed by atoms with Crippen LogP contribution in [0, 0.1) is 0 Å². The molecule has 2 nitrogen and oxygen atoms in total. The van der Waals surface area contributed by atoms with Crippen LogP contribution in [-0.4, -0.2) is 40.5 Å². The summed E-state index contributed by atoms with van der Waals surface area (Å²) in [5, 5.41) is 0. The average molecular weight is 240 g/mol. The summed E-state index contributed by atoms with van der Waals surface area (Å²) >= 11 is 0. The van der Waals surface area contributed by atoms with Crippen molar-refractivity contribution in [2.75, 3.05) is 6.54 Å². The summed E-state index contributed by atoms with van der Waals surface area (Å²) in [6, 6.07) is 2.34. The zero-order valence-electron chi connectivity index (χ0n) is 13.1. The summed E-state index contributed by atoms with van der Waals surface area (Å²) in [6.07, 6.45) is 4.55. The van der Waals surface area contributed by atoms with Crippen molar-refractivity contribution in [3.63, 3.8) is 0 Å². The third kappa shape index (κ3) is 6.11. The van der Waals surface area contributed by atoms with Crippen molar-refractivity contribution in [1.29, 1.82) is 0 Å². The molecule has 0 saturated heterocycles. The monoisotopic (exact) mass is 240 g/mol. The first-order valence-electron chi connectivity index (χ1n) is 6.97. The van der Waals surface area contributed by atoms with Crippen molar-refractivity contribution in [3.8, 4) is 0 Å². The Kier molecular flexibility index (Phi) is 7.53. The van der Waals surface area contributed by atoms with Gasteiger partial charge >= 0.3 is 0 Å². The van der Waals surface area contributed by atoms with Crippen molar-refractivity contribution in [2.45, 2.75) is 79.6 Å². The van der Waals surface area contributed by atoms with E-state index in [1.165, 1.54) is 0 Å². The van der Waals surface area contributed by atoms with Gasteiger partial charge < -0.3 is 4.90 Å². The Balaban J connectivity index is 4.40. The number of nitrogens with zero attached hydrogens (tertiary/aromatic N) is 2. The van der Waals surface area contributed by atoms with Crippen molar-refractivity contribution < 1.29 is 0 Å². The second-order valence-electron chi connectivity index (χ2n) is 5.90. The summed E-state index contributed by atoms with van der Waals surface area (Å²) in [7, 11) is 0. The fourth-order valence-electron chi connectivity index (χ4n) is 2.25. The first-order chi connectivity index (χ1) is 7.77. The average Bonchev–Trinajstić information content (AvgIpc) is 2.14. The predicted molar refractivity (Wildman–Crippen MR) is 78.2 cm³/mol. The fraction of sp³-hybridized carbons (Fsp3) is 0.867. The van der Waals surface area contributed by atoms with Crippen LogP contribution in [-0.2, 0) is 0 Å². The second-order valence-corrected chi connectivity index (χ2v) is 5.90. The molecule has 0 radical (unpaired) electrons. The van der Waals surface area contributed by atoms with Gasteiger partial charge in [-0.3, -0.25) is 4.90 Å². The molecule has 0 aromatic rings. The topological polar surface area (TPSA) is 6.48 Å². The standard InChI is InChI=1S/C15H32N2/c1-12(2)16(13(3)4)10-9-11-17(14(5)6)15(7)8/h9-10,12-15H,11H2,1-8H3. The Bertz CT molecular complexity index is 201. The van der Waals surface area contributed by atoms with Gasteiger partial charge in [-0.2, -0.15) is 0 Å². The SMILES string of the molecule is CC(C)N(C=CCN(C(C)C)C(C)C)C(C)C. The van der Waals surface area contributed by atoms with E-state index < -0.39 is 0 Å². The highest BCUT2D eigenvalue weighted by Gasteiger charge is 2.12. The van der Waals surface area contributed by atoms with Crippen LogP contribution in [0.4, 0.5) is 0 Å². The van der Waals surface area contributed by atoms with Gasteiger partial charge in [-0.15, -0.1) is 0 Å². The smallest absolute Gasteiger partial charge is 0.0230 e. The van der Waals surface area contributed by atoms with Gasteiger partial charge in [0.05, 0.1) is 0 Å². The van der Waals surface area contributed by atoms with Crippen LogP contribution in [0.3, 0.4) is 0 Å². The lowest BCUT2D eigenvalue weighted by molar-refractivity contribution is 0.193. The minimum absolute atomic E-state index is 0.567. The molecule has 102 valence electrons. The number of hydrogen-bond acceptors (Lipinski definition) is 2. The van der Waals surface area contributed by atoms with E-state index in [0.29, 0.717) is 24.2 Å². The van der Waals surface area contributed by atoms with Crippen molar-refractivity contribution in [3.05, 3.63) is 12.3 Å². The molecule has 0 heterocycles. The summed E-state index contributed by atoms with van der Waals surface area (Å²) in [4.78, 5) is 4.90. The molecule has 0 spiro atoms. The van der Waals surface area contributed by atoms with E-state index in [9.17, 15) is 0 Å². The van der Waals surface area contributed by atoms with Gasteiger partial charge in [-0.1, -0.05) is 6.08 Å². The Labute approximate surface area is 109 Å². The highest BCUT2D eigenvalue weighted by atomic mass is 15.2. The minimum atomic E-state index is 0.567. The van der Waals surface area contributed by atoms with Crippen molar-refractivity contribution in [2.24, 2.45) is 0 Å². The molecule has 0 aliphatic heterocycles. The van der Waals surface area contributed by atoms with E-state index in [4.69, 9.17) is 0 Å². The van der Waals surface area contributed by atoms with Crippen LogP contribution in [0.2, 0.25) is 0 Å². The first kappa shape index (κ1) is 16.5. The molecular formula is C15H32N2. The molecule has 0 bridgehead atoms. The summed E-state index contributed by atoms with van der Waals surface area (Å²) < 4.78 is 0. The predicted octanol–water partition coefficient (Wildman–Crippen LogP) is 3.74. The van der Waals surface area contributed by atoms with Crippen LogP contribution >= 0.6 is 0 Å². The minimum Gasteiger partial charge on any atom is -0.373 e. The van der Waals surface area contributed by atoms with E-state index in [1.807, 2.05) is 0 Å². The van der Waals surface area contributed by atoms with Crippen molar-refractivity contribution in [1.82, 2.24) is 9.80 Å². The van der Waals surface area contributed by atoms with Crippen molar-refractivity contribution >= 4 is 0 Å². The molecule has 2 heteroatoms. The van der Waals surface area contributed by atoms with E-state index in [1.54, 1.807) is 0 Å². The fourth-order valence-corrected chi connectivity index (χ4v) is 2.25. The second kappa shape index (κ2) is 7.75. The molecule has 0 atom stereocenters. The molecule has 0 aromatic carbocycles. The summed E-state index contributed by atoms with van der Waals surface area (Å²) in [6.45, 7) is 19.0. The Morgan fingerprint density at radius 2 is 1.12 bits per heavy atom. The highest BCUT2D eigenvalue weighted by Crippen LogP contribution is 2.08. The van der Waals surface area contributed by atoms with Gasteiger partial charge in [0.25, 0.3) is 0 Å². The highest BCUT2D eigenvalue weighted by molar-refractivity contribution is 4.89. The molecule has 0 aromatic heterocycles.